The Labute approximate surface area is 125 Å². The molecule has 0 aliphatic rings. The minimum Gasteiger partial charge on any atom is -0.493 e. The van der Waals surface area contributed by atoms with E-state index < -0.39 is 0 Å². The first-order valence-electron chi connectivity index (χ1n) is 7.05. The van der Waals surface area contributed by atoms with Crippen LogP contribution in [0.2, 0.25) is 0 Å². The molecule has 1 aromatic carbocycles. The number of rotatable bonds is 6. The molecule has 1 atom stereocenters. The van der Waals surface area contributed by atoms with Crippen molar-refractivity contribution in [2.75, 3.05) is 14.2 Å². The van der Waals surface area contributed by atoms with E-state index in [4.69, 9.17) is 15.2 Å². The number of benzene rings is 1. The van der Waals surface area contributed by atoms with E-state index in [0.717, 1.165) is 11.4 Å². The Kier molecular flexibility index (Phi) is 4.85. The molecule has 0 saturated heterocycles. The third-order valence-electron chi connectivity index (χ3n) is 3.49. The fourth-order valence-electron chi connectivity index (χ4n) is 2.38. The van der Waals surface area contributed by atoms with Gasteiger partial charge in [0.2, 0.25) is 0 Å². The molecule has 0 spiro atoms. The van der Waals surface area contributed by atoms with Crippen LogP contribution < -0.4 is 15.2 Å². The average molecular weight is 289 g/mol. The third-order valence-corrected chi connectivity index (χ3v) is 3.49. The predicted molar refractivity (Wildman–Crippen MR) is 82.8 cm³/mol. The predicted octanol–water partition coefficient (Wildman–Crippen LogP) is 2.72. The van der Waals surface area contributed by atoms with Gasteiger partial charge in [0.05, 0.1) is 14.2 Å². The van der Waals surface area contributed by atoms with Gasteiger partial charge in [-0.15, -0.1) is 0 Å². The van der Waals surface area contributed by atoms with E-state index in [9.17, 15) is 0 Å². The highest BCUT2D eigenvalue weighted by atomic mass is 16.5. The fourth-order valence-corrected chi connectivity index (χ4v) is 2.38. The Morgan fingerprint density at radius 2 is 1.90 bits per heavy atom. The lowest BCUT2D eigenvalue weighted by molar-refractivity contribution is 0.354. The number of aromatic nitrogens is 2. The second kappa shape index (κ2) is 6.63. The van der Waals surface area contributed by atoms with Crippen LogP contribution in [0.4, 0.5) is 0 Å². The summed E-state index contributed by atoms with van der Waals surface area (Å²) >= 11 is 0. The molecular formula is C16H23N3O2. The maximum atomic E-state index is 6.33. The summed E-state index contributed by atoms with van der Waals surface area (Å²) in [7, 11) is 3.25. The first-order chi connectivity index (χ1) is 10.1. The van der Waals surface area contributed by atoms with Gasteiger partial charge in [0.25, 0.3) is 0 Å². The van der Waals surface area contributed by atoms with E-state index in [2.05, 4.69) is 23.4 Å². The molecule has 0 aliphatic heterocycles. The molecule has 1 unspecified atom stereocenters. The van der Waals surface area contributed by atoms with Gasteiger partial charge >= 0.3 is 0 Å². The lowest BCUT2D eigenvalue weighted by Gasteiger charge is -2.17. The van der Waals surface area contributed by atoms with Crippen molar-refractivity contribution in [2.45, 2.75) is 32.4 Å². The number of ether oxygens (including phenoxy) is 2. The normalized spacial score (nSPS) is 12.5. The zero-order valence-corrected chi connectivity index (χ0v) is 13.0. The molecule has 0 saturated carbocycles. The second-order valence-corrected chi connectivity index (χ2v) is 5.31. The molecule has 0 fully saturated rings. The van der Waals surface area contributed by atoms with E-state index in [1.54, 1.807) is 14.2 Å². The largest absolute Gasteiger partial charge is 0.493 e. The molecular weight excluding hydrogens is 266 g/mol. The van der Waals surface area contributed by atoms with Gasteiger partial charge in [0.15, 0.2) is 11.5 Å². The van der Waals surface area contributed by atoms with Crippen LogP contribution in [-0.2, 0) is 6.54 Å². The standard InChI is InChI=1S/C16H23N3O2/c1-11(2)16-18-7-8-19(16)10-13(17)12-5-6-14(20-3)15(9-12)21-4/h5-9,11,13H,10,17H2,1-4H3. The van der Waals surface area contributed by atoms with E-state index in [0.29, 0.717) is 24.0 Å². The van der Waals surface area contributed by atoms with Crippen LogP contribution >= 0.6 is 0 Å². The highest BCUT2D eigenvalue weighted by Gasteiger charge is 2.14. The number of hydrogen-bond donors (Lipinski definition) is 1. The summed E-state index contributed by atoms with van der Waals surface area (Å²) in [4.78, 5) is 4.39. The van der Waals surface area contributed by atoms with Crippen molar-refractivity contribution in [3.63, 3.8) is 0 Å². The summed E-state index contributed by atoms with van der Waals surface area (Å²) in [6.07, 6.45) is 3.78. The molecule has 0 amide bonds. The van der Waals surface area contributed by atoms with Crippen LogP contribution in [-0.4, -0.2) is 23.8 Å². The molecule has 0 bridgehead atoms. The van der Waals surface area contributed by atoms with Gasteiger partial charge in [-0.1, -0.05) is 19.9 Å². The van der Waals surface area contributed by atoms with E-state index in [1.807, 2.05) is 30.6 Å². The van der Waals surface area contributed by atoms with Crippen LogP contribution in [0.1, 0.15) is 37.2 Å². The topological polar surface area (TPSA) is 62.3 Å². The zero-order valence-electron chi connectivity index (χ0n) is 13.0. The third kappa shape index (κ3) is 3.36. The van der Waals surface area contributed by atoms with Gasteiger partial charge in [0, 0.05) is 30.9 Å². The summed E-state index contributed by atoms with van der Waals surface area (Å²) in [5.74, 6) is 2.82. The maximum absolute atomic E-state index is 6.33. The number of nitrogens with zero attached hydrogens (tertiary/aromatic N) is 2. The Morgan fingerprint density at radius 3 is 2.52 bits per heavy atom. The van der Waals surface area contributed by atoms with Crippen LogP contribution in [0.25, 0.3) is 0 Å². The van der Waals surface area contributed by atoms with Crippen molar-refractivity contribution < 1.29 is 9.47 Å². The maximum Gasteiger partial charge on any atom is 0.161 e. The Bertz CT molecular complexity index is 593. The van der Waals surface area contributed by atoms with Crippen LogP contribution in [0.3, 0.4) is 0 Å². The quantitative estimate of drug-likeness (QED) is 0.888. The molecule has 1 heterocycles. The molecule has 2 rings (SSSR count). The molecule has 2 N–H and O–H groups in total. The highest BCUT2D eigenvalue weighted by molar-refractivity contribution is 5.43. The van der Waals surface area contributed by atoms with Gasteiger partial charge < -0.3 is 19.8 Å². The fraction of sp³-hybridized carbons (Fsp3) is 0.438. The van der Waals surface area contributed by atoms with Gasteiger partial charge in [-0.3, -0.25) is 0 Å². The van der Waals surface area contributed by atoms with Crippen LogP contribution in [0, 0.1) is 0 Å². The SMILES string of the molecule is COc1ccc(C(N)Cn2ccnc2C(C)C)cc1OC. The Balaban J connectivity index is 2.20. The summed E-state index contributed by atoms with van der Waals surface area (Å²) in [5, 5.41) is 0. The van der Waals surface area contributed by atoms with Gasteiger partial charge in [-0.2, -0.15) is 0 Å². The first-order valence-corrected chi connectivity index (χ1v) is 7.05. The Morgan fingerprint density at radius 1 is 1.19 bits per heavy atom. The lowest BCUT2D eigenvalue weighted by atomic mass is 10.1. The Hall–Kier alpha value is -2.01. The van der Waals surface area contributed by atoms with Gasteiger partial charge in [-0.05, 0) is 17.7 Å². The monoisotopic (exact) mass is 289 g/mol. The number of nitrogens with two attached hydrogens (primary N) is 1. The summed E-state index contributed by atoms with van der Waals surface area (Å²) in [5.41, 5.74) is 7.34. The molecule has 2 aromatic rings. The van der Waals surface area contributed by atoms with Gasteiger partial charge in [0.1, 0.15) is 5.82 Å². The van der Waals surface area contributed by atoms with Crippen molar-refractivity contribution in [2.24, 2.45) is 5.73 Å². The second-order valence-electron chi connectivity index (χ2n) is 5.31. The van der Waals surface area contributed by atoms with E-state index >= 15 is 0 Å². The summed E-state index contributed by atoms with van der Waals surface area (Å²) in [6.45, 7) is 4.94. The van der Waals surface area contributed by atoms with Crippen molar-refractivity contribution in [3.8, 4) is 11.5 Å². The van der Waals surface area contributed by atoms with E-state index in [-0.39, 0.29) is 6.04 Å². The van der Waals surface area contributed by atoms with Crippen LogP contribution in [0.5, 0.6) is 11.5 Å². The van der Waals surface area contributed by atoms with Crippen molar-refractivity contribution in [3.05, 3.63) is 42.0 Å². The number of methoxy groups -OCH3 is 2. The lowest BCUT2D eigenvalue weighted by Crippen LogP contribution is -2.19. The molecule has 0 aliphatic carbocycles. The minimum absolute atomic E-state index is 0.128. The average Bonchev–Trinajstić information content (AvgIpc) is 2.94. The molecule has 114 valence electrons. The smallest absolute Gasteiger partial charge is 0.161 e. The molecule has 1 aromatic heterocycles. The highest BCUT2D eigenvalue weighted by Crippen LogP contribution is 2.30. The van der Waals surface area contributed by atoms with E-state index in [1.165, 1.54) is 0 Å². The molecule has 21 heavy (non-hydrogen) atoms. The van der Waals surface area contributed by atoms with Gasteiger partial charge in [-0.25, -0.2) is 4.98 Å². The number of imidazole rings is 1. The molecule has 5 nitrogen and oxygen atoms in total. The molecule has 0 radical (unpaired) electrons. The van der Waals surface area contributed by atoms with Crippen molar-refractivity contribution in [1.82, 2.24) is 9.55 Å². The van der Waals surface area contributed by atoms with Crippen molar-refractivity contribution >= 4 is 0 Å². The summed E-state index contributed by atoms with van der Waals surface area (Å²) < 4.78 is 12.7. The van der Waals surface area contributed by atoms with Crippen molar-refractivity contribution in [1.29, 1.82) is 0 Å². The first kappa shape index (κ1) is 15.4. The zero-order chi connectivity index (χ0) is 15.4. The minimum atomic E-state index is -0.128. The van der Waals surface area contributed by atoms with Crippen LogP contribution in [0.15, 0.2) is 30.6 Å². The number of hydrogen-bond acceptors (Lipinski definition) is 4. The molecule has 5 heteroatoms. The summed E-state index contributed by atoms with van der Waals surface area (Å²) in [6, 6.07) is 5.65.